The summed E-state index contributed by atoms with van der Waals surface area (Å²) < 4.78 is 0. The second-order valence-electron chi connectivity index (χ2n) is 5.27. The summed E-state index contributed by atoms with van der Waals surface area (Å²) in [5, 5.41) is 5.60. The van der Waals surface area contributed by atoms with Crippen LogP contribution in [0, 0.1) is 0 Å². The minimum atomic E-state index is -0.748. The molecule has 0 aliphatic carbocycles. The second-order valence-corrected chi connectivity index (χ2v) is 5.67. The maximum absolute atomic E-state index is 12.2. The van der Waals surface area contributed by atoms with Crippen LogP contribution in [-0.2, 0) is 4.79 Å². The number of rotatable bonds is 4. The van der Waals surface area contributed by atoms with Crippen LogP contribution >= 0.6 is 11.6 Å². The van der Waals surface area contributed by atoms with Crippen LogP contribution in [0.4, 0.5) is 5.95 Å². The number of hydrogen-bond acceptors (Lipinski definition) is 3. The van der Waals surface area contributed by atoms with E-state index in [1.807, 2.05) is 24.3 Å². The topological polar surface area (TPSA) is 86.9 Å². The van der Waals surface area contributed by atoms with Crippen molar-refractivity contribution < 1.29 is 9.59 Å². The molecule has 0 aliphatic heterocycles. The van der Waals surface area contributed by atoms with Gasteiger partial charge >= 0.3 is 0 Å². The van der Waals surface area contributed by atoms with E-state index in [4.69, 9.17) is 11.6 Å². The van der Waals surface area contributed by atoms with E-state index >= 15 is 0 Å². The molecular weight excluding hydrogens is 328 g/mol. The molecule has 0 fully saturated rings. The predicted molar refractivity (Wildman–Crippen MR) is 93.1 cm³/mol. The Morgan fingerprint density at radius 3 is 2.58 bits per heavy atom. The number of aromatic nitrogens is 2. The van der Waals surface area contributed by atoms with Crippen molar-refractivity contribution in [3.05, 3.63) is 59.1 Å². The molecule has 2 aromatic carbocycles. The summed E-state index contributed by atoms with van der Waals surface area (Å²) in [7, 11) is 0. The lowest BCUT2D eigenvalue weighted by Gasteiger charge is -2.13. The zero-order chi connectivity index (χ0) is 17.1. The first-order valence-electron chi connectivity index (χ1n) is 7.35. The zero-order valence-corrected chi connectivity index (χ0v) is 13.6. The molecule has 1 atom stereocenters. The quantitative estimate of drug-likeness (QED) is 0.681. The van der Waals surface area contributed by atoms with Crippen molar-refractivity contribution in [2.75, 3.05) is 5.32 Å². The maximum atomic E-state index is 12.2. The van der Waals surface area contributed by atoms with E-state index in [9.17, 15) is 9.59 Å². The lowest BCUT2D eigenvalue weighted by atomic mass is 10.2. The molecule has 7 heteroatoms. The highest BCUT2D eigenvalue weighted by molar-refractivity contribution is 6.33. The Morgan fingerprint density at radius 2 is 1.83 bits per heavy atom. The van der Waals surface area contributed by atoms with E-state index in [0.29, 0.717) is 16.5 Å². The highest BCUT2D eigenvalue weighted by atomic mass is 35.5. The minimum Gasteiger partial charge on any atom is -0.340 e. The molecule has 0 unspecified atom stereocenters. The Balaban J connectivity index is 1.66. The average molecular weight is 343 g/mol. The summed E-state index contributed by atoms with van der Waals surface area (Å²) >= 11 is 5.98. The molecule has 3 rings (SSSR count). The number of anilines is 1. The van der Waals surface area contributed by atoms with Gasteiger partial charge in [-0.1, -0.05) is 35.9 Å². The van der Waals surface area contributed by atoms with E-state index in [1.54, 1.807) is 31.2 Å². The summed E-state index contributed by atoms with van der Waals surface area (Å²) in [4.78, 5) is 31.7. The number of para-hydroxylation sites is 2. The van der Waals surface area contributed by atoms with Gasteiger partial charge in [-0.3, -0.25) is 14.9 Å². The van der Waals surface area contributed by atoms with E-state index in [1.165, 1.54) is 0 Å². The van der Waals surface area contributed by atoms with Crippen LogP contribution in [0.25, 0.3) is 11.0 Å². The highest BCUT2D eigenvalue weighted by Gasteiger charge is 2.19. The van der Waals surface area contributed by atoms with E-state index in [0.717, 1.165) is 11.0 Å². The van der Waals surface area contributed by atoms with Gasteiger partial charge in [0, 0.05) is 0 Å². The lowest BCUT2D eigenvalue weighted by molar-refractivity contribution is -0.117. The number of imidazole rings is 1. The van der Waals surface area contributed by atoms with Gasteiger partial charge in [-0.25, -0.2) is 4.98 Å². The van der Waals surface area contributed by atoms with Crippen molar-refractivity contribution in [1.29, 1.82) is 0 Å². The summed E-state index contributed by atoms with van der Waals surface area (Å²) in [6, 6.07) is 13.3. The van der Waals surface area contributed by atoms with Crippen LogP contribution in [0.2, 0.25) is 5.02 Å². The lowest BCUT2D eigenvalue weighted by Crippen LogP contribution is -2.41. The summed E-state index contributed by atoms with van der Waals surface area (Å²) in [5.74, 6) is -0.456. The van der Waals surface area contributed by atoms with Gasteiger partial charge < -0.3 is 10.3 Å². The molecule has 1 heterocycles. The van der Waals surface area contributed by atoms with Gasteiger partial charge in [-0.05, 0) is 31.2 Å². The van der Waals surface area contributed by atoms with E-state index in [2.05, 4.69) is 20.6 Å². The molecule has 24 heavy (non-hydrogen) atoms. The van der Waals surface area contributed by atoms with Crippen LogP contribution in [0.1, 0.15) is 17.3 Å². The first-order valence-corrected chi connectivity index (χ1v) is 7.73. The molecule has 0 aliphatic rings. The molecule has 6 nitrogen and oxygen atoms in total. The van der Waals surface area contributed by atoms with Crippen molar-refractivity contribution in [2.24, 2.45) is 0 Å². The number of nitrogens with zero attached hydrogens (tertiary/aromatic N) is 1. The number of benzene rings is 2. The number of fused-ring (bicyclic) bond motifs is 1. The SMILES string of the molecule is C[C@H](NC(=O)c1ccccc1Cl)C(=O)Nc1nc2ccccc2[nH]1. The molecule has 2 amide bonds. The number of nitrogens with one attached hydrogen (secondary N) is 3. The molecule has 1 aromatic heterocycles. The number of amides is 2. The normalized spacial score (nSPS) is 11.9. The molecule has 0 saturated carbocycles. The Kier molecular flexibility index (Phi) is 4.48. The number of carbonyl (C=O) groups is 2. The molecule has 3 N–H and O–H groups in total. The third-order valence-electron chi connectivity index (χ3n) is 3.49. The van der Waals surface area contributed by atoms with Crippen molar-refractivity contribution in [3.63, 3.8) is 0 Å². The Bertz CT molecular complexity index is 873. The molecule has 0 spiro atoms. The van der Waals surface area contributed by atoms with Gasteiger partial charge in [0.25, 0.3) is 5.91 Å². The molecule has 0 saturated heterocycles. The number of hydrogen-bond donors (Lipinski definition) is 3. The summed E-state index contributed by atoms with van der Waals surface area (Å²) in [6.07, 6.45) is 0. The number of carbonyl (C=O) groups excluding carboxylic acids is 2. The monoisotopic (exact) mass is 342 g/mol. The molecule has 122 valence electrons. The van der Waals surface area contributed by atoms with Crippen LogP contribution in [0.5, 0.6) is 0 Å². The summed E-state index contributed by atoms with van der Waals surface area (Å²) in [5.41, 5.74) is 1.89. The Morgan fingerprint density at radius 1 is 1.12 bits per heavy atom. The van der Waals surface area contributed by atoms with Crippen LogP contribution in [0.3, 0.4) is 0 Å². The summed E-state index contributed by atoms with van der Waals surface area (Å²) in [6.45, 7) is 1.59. The largest absolute Gasteiger partial charge is 0.340 e. The van der Waals surface area contributed by atoms with Crippen LogP contribution in [-0.4, -0.2) is 27.8 Å². The fraction of sp³-hybridized carbons (Fsp3) is 0.118. The van der Waals surface area contributed by atoms with Crippen molar-refractivity contribution in [3.8, 4) is 0 Å². The zero-order valence-electron chi connectivity index (χ0n) is 12.8. The van der Waals surface area contributed by atoms with Gasteiger partial charge in [0.15, 0.2) is 0 Å². The fourth-order valence-corrected chi connectivity index (χ4v) is 2.44. The second kappa shape index (κ2) is 6.72. The van der Waals surface area contributed by atoms with Gasteiger partial charge in [-0.15, -0.1) is 0 Å². The minimum absolute atomic E-state index is 0.322. The highest BCUT2D eigenvalue weighted by Crippen LogP contribution is 2.15. The number of aromatic amines is 1. The first kappa shape index (κ1) is 16.0. The fourth-order valence-electron chi connectivity index (χ4n) is 2.22. The maximum Gasteiger partial charge on any atom is 0.253 e. The van der Waals surface area contributed by atoms with Crippen LogP contribution < -0.4 is 10.6 Å². The standard InChI is InChI=1S/C17H15ClN4O2/c1-10(19-16(24)11-6-2-3-7-12(11)18)15(23)22-17-20-13-8-4-5-9-14(13)21-17/h2-10H,1H3,(H,19,24)(H2,20,21,22,23)/t10-/m0/s1. The molecular formula is C17H15ClN4O2. The van der Waals surface area contributed by atoms with Crippen molar-refractivity contribution in [1.82, 2.24) is 15.3 Å². The van der Waals surface area contributed by atoms with Gasteiger partial charge in [0.2, 0.25) is 11.9 Å². The Hall–Kier alpha value is -2.86. The molecule has 0 bridgehead atoms. The number of halogens is 1. The Labute approximate surface area is 143 Å². The van der Waals surface area contributed by atoms with Crippen molar-refractivity contribution >= 4 is 40.4 Å². The van der Waals surface area contributed by atoms with Gasteiger partial charge in [0.05, 0.1) is 21.6 Å². The molecule has 0 radical (unpaired) electrons. The molecule has 3 aromatic rings. The van der Waals surface area contributed by atoms with Gasteiger partial charge in [0.1, 0.15) is 6.04 Å². The van der Waals surface area contributed by atoms with E-state index in [-0.39, 0.29) is 5.91 Å². The van der Waals surface area contributed by atoms with Gasteiger partial charge in [-0.2, -0.15) is 0 Å². The average Bonchev–Trinajstić information content (AvgIpc) is 2.97. The predicted octanol–water partition coefficient (Wildman–Crippen LogP) is 2.97. The smallest absolute Gasteiger partial charge is 0.253 e. The number of H-pyrrole nitrogens is 1. The van der Waals surface area contributed by atoms with E-state index < -0.39 is 11.9 Å². The first-order chi connectivity index (χ1) is 11.5. The van der Waals surface area contributed by atoms with Crippen molar-refractivity contribution in [2.45, 2.75) is 13.0 Å². The third kappa shape index (κ3) is 3.38. The third-order valence-corrected chi connectivity index (χ3v) is 3.82. The van der Waals surface area contributed by atoms with Crippen LogP contribution in [0.15, 0.2) is 48.5 Å².